The summed E-state index contributed by atoms with van der Waals surface area (Å²) >= 11 is 0. The third-order valence-corrected chi connectivity index (χ3v) is 3.55. The van der Waals surface area contributed by atoms with Crippen LogP contribution in [0.15, 0.2) is 18.2 Å². The smallest absolute Gasteiger partial charge is 0.0465 e. The molecule has 2 nitrogen and oxygen atoms in total. The molecule has 0 aliphatic heterocycles. The molecule has 0 aliphatic carbocycles. The third-order valence-electron chi connectivity index (χ3n) is 3.55. The molecule has 2 unspecified atom stereocenters. The lowest BCUT2D eigenvalue weighted by atomic mass is 9.90. The van der Waals surface area contributed by atoms with E-state index in [0.29, 0.717) is 12.0 Å². The van der Waals surface area contributed by atoms with Gasteiger partial charge in [0, 0.05) is 19.8 Å². The first-order chi connectivity index (χ1) is 8.10. The number of rotatable bonds is 6. The summed E-state index contributed by atoms with van der Waals surface area (Å²) in [4.78, 5) is 0. The largest absolute Gasteiger partial charge is 0.385 e. The van der Waals surface area contributed by atoms with E-state index in [4.69, 9.17) is 4.74 Å². The summed E-state index contributed by atoms with van der Waals surface area (Å²) < 4.78 is 5.16. The van der Waals surface area contributed by atoms with E-state index in [1.165, 1.54) is 16.7 Å². The predicted octanol–water partition coefficient (Wildman–Crippen LogP) is 3.24. The molecule has 96 valence electrons. The molecule has 0 saturated heterocycles. The fourth-order valence-corrected chi connectivity index (χ4v) is 2.21. The van der Waals surface area contributed by atoms with Crippen LogP contribution in [-0.4, -0.2) is 20.8 Å². The zero-order valence-electron chi connectivity index (χ0n) is 11.7. The molecule has 2 heteroatoms. The number of methoxy groups -OCH3 is 1. The Kier molecular flexibility index (Phi) is 5.66. The number of hydrogen-bond donors (Lipinski definition) is 1. The topological polar surface area (TPSA) is 21.3 Å². The van der Waals surface area contributed by atoms with E-state index in [0.717, 1.165) is 13.0 Å². The second-order valence-corrected chi connectivity index (χ2v) is 4.87. The highest BCUT2D eigenvalue weighted by Crippen LogP contribution is 2.25. The first-order valence-corrected chi connectivity index (χ1v) is 6.33. The maximum Gasteiger partial charge on any atom is 0.0465 e. The molecule has 0 fully saturated rings. The molecule has 0 saturated carbocycles. The van der Waals surface area contributed by atoms with E-state index in [-0.39, 0.29) is 0 Å². The van der Waals surface area contributed by atoms with Crippen molar-refractivity contribution in [3.05, 3.63) is 34.9 Å². The molecule has 1 rings (SSSR count). The summed E-state index contributed by atoms with van der Waals surface area (Å²) in [6, 6.07) is 7.13. The molecule has 0 spiro atoms. The summed E-state index contributed by atoms with van der Waals surface area (Å²) in [5.74, 6) is 0.571. The SMILES string of the molecule is CNC(c1ccc(C)c(C)c1)C(C)CCOC. The monoisotopic (exact) mass is 235 g/mol. The Bertz CT molecular complexity index is 349. The first kappa shape index (κ1) is 14.2. The Balaban J connectivity index is 2.81. The number of nitrogens with one attached hydrogen (secondary N) is 1. The molecular formula is C15H25NO. The van der Waals surface area contributed by atoms with E-state index in [1.54, 1.807) is 7.11 Å². The summed E-state index contributed by atoms with van der Waals surface area (Å²) in [6.07, 6.45) is 1.08. The van der Waals surface area contributed by atoms with Crippen LogP contribution in [0.3, 0.4) is 0 Å². The van der Waals surface area contributed by atoms with Gasteiger partial charge in [-0.05, 0) is 49.9 Å². The van der Waals surface area contributed by atoms with Crippen LogP contribution < -0.4 is 5.32 Å². The lowest BCUT2D eigenvalue weighted by Crippen LogP contribution is -2.24. The van der Waals surface area contributed by atoms with Gasteiger partial charge in [-0.3, -0.25) is 0 Å². The van der Waals surface area contributed by atoms with Crippen LogP contribution in [0.25, 0.3) is 0 Å². The van der Waals surface area contributed by atoms with Crippen LogP contribution in [0, 0.1) is 19.8 Å². The van der Waals surface area contributed by atoms with Crippen molar-refractivity contribution in [3.63, 3.8) is 0 Å². The van der Waals surface area contributed by atoms with E-state index in [9.17, 15) is 0 Å². The second-order valence-electron chi connectivity index (χ2n) is 4.87. The van der Waals surface area contributed by atoms with Gasteiger partial charge in [-0.25, -0.2) is 0 Å². The van der Waals surface area contributed by atoms with Crippen molar-refractivity contribution in [1.29, 1.82) is 0 Å². The average molecular weight is 235 g/mol. The molecule has 1 aromatic carbocycles. The summed E-state index contributed by atoms with van der Waals surface area (Å²) in [7, 11) is 3.79. The molecular weight excluding hydrogens is 210 g/mol. The highest BCUT2D eigenvalue weighted by atomic mass is 16.5. The van der Waals surface area contributed by atoms with Crippen molar-refractivity contribution in [1.82, 2.24) is 5.32 Å². The van der Waals surface area contributed by atoms with Gasteiger partial charge in [-0.2, -0.15) is 0 Å². The van der Waals surface area contributed by atoms with Gasteiger partial charge >= 0.3 is 0 Å². The second kappa shape index (κ2) is 6.77. The number of benzene rings is 1. The molecule has 1 aromatic rings. The number of ether oxygens (including phenoxy) is 1. The molecule has 0 heterocycles. The Morgan fingerprint density at radius 2 is 1.94 bits per heavy atom. The summed E-state index contributed by atoms with van der Waals surface area (Å²) in [5.41, 5.74) is 4.09. The van der Waals surface area contributed by atoms with Gasteiger partial charge in [-0.1, -0.05) is 25.1 Å². The number of aryl methyl sites for hydroxylation is 2. The highest BCUT2D eigenvalue weighted by molar-refractivity contribution is 5.32. The zero-order valence-corrected chi connectivity index (χ0v) is 11.7. The molecule has 0 aromatic heterocycles. The van der Waals surface area contributed by atoms with Crippen molar-refractivity contribution in [2.24, 2.45) is 5.92 Å². The van der Waals surface area contributed by atoms with Crippen LogP contribution in [0.2, 0.25) is 0 Å². The Morgan fingerprint density at radius 1 is 1.24 bits per heavy atom. The molecule has 0 bridgehead atoms. The Morgan fingerprint density at radius 3 is 2.47 bits per heavy atom. The quantitative estimate of drug-likeness (QED) is 0.817. The van der Waals surface area contributed by atoms with Crippen LogP contribution in [0.5, 0.6) is 0 Å². The lowest BCUT2D eigenvalue weighted by Gasteiger charge is -2.24. The van der Waals surface area contributed by atoms with Crippen molar-refractivity contribution in [3.8, 4) is 0 Å². The highest BCUT2D eigenvalue weighted by Gasteiger charge is 2.17. The van der Waals surface area contributed by atoms with Gasteiger partial charge < -0.3 is 10.1 Å². The molecule has 2 atom stereocenters. The maximum atomic E-state index is 5.16. The van der Waals surface area contributed by atoms with Crippen molar-refractivity contribution in [2.45, 2.75) is 33.2 Å². The fourth-order valence-electron chi connectivity index (χ4n) is 2.21. The molecule has 17 heavy (non-hydrogen) atoms. The van der Waals surface area contributed by atoms with Gasteiger partial charge in [-0.15, -0.1) is 0 Å². The number of hydrogen-bond acceptors (Lipinski definition) is 2. The summed E-state index contributed by atoms with van der Waals surface area (Å²) in [6.45, 7) is 7.42. The van der Waals surface area contributed by atoms with E-state index < -0.39 is 0 Å². The van der Waals surface area contributed by atoms with E-state index in [2.05, 4.69) is 44.3 Å². The van der Waals surface area contributed by atoms with Crippen LogP contribution in [0.4, 0.5) is 0 Å². The normalized spacial score (nSPS) is 14.6. The maximum absolute atomic E-state index is 5.16. The molecule has 1 N–H and O–H groups in total. The van der Waals surface area contributed by atoms with Crippen LogP contribution in [0.1, 0.15) is 36.1 Å². The van der Waals surface area contributed by atoms with E-state index >= 15 is 0 Å². The van der Waals surface area contributed by atoms with Crippen LogP contribution in [-0.2, 0) is 4.74 Å². The van der Waals surface area contributed by atoms with Gasteiger partial charge in [0.1, 0.15) is 0 Å². The van der Waals surface area contributed by atoms with Gasteiger partial charge in [0.25, 0.3) is 0 Å². The van der Waals surface area contributed by atoms with Crippen molar-refractivity contribution >= 4 is 0 Å². The lowest BCUT2D eigenvalue weighted by molar-refractivity contribution is 0.171. The van der Waals surface area contributed by atoms with Gasteiger partial charge in [0.05, 0.1) is 0 Å². The van der Waals surface area contributed by atoms with Crippen LogP contribution >= 0.6 is 0 Å². The summed E-state index contributed by atoms with van der Waals surface area (Å²) in [5, 5.41) is 3.42. The van der Waals surface area contributed by atoms with Crippen molar-refractivity contribution < 1.29 is 4.74 Å². The Hall–Kier alpha value is -0.860. The first-order valence-electron chi connectivity index (χ1n) is 6.33. The molecule has 0 aliphatic rings. The Labute approximate surface area is 105 Å². The fraction of sp³-hybridized carbons (Fsp3) is 0.600. The average Bonchev–Trinajstić information content (AvgIpc) is 2.32. The third kappa shape index (κ3) is 3.83. The van der Waals surface area contributed by atoms with Crippen molar-refractivity contribution in [2.75, 3.05) is 20.8 Å². The predicted molar refractivity (Wildman–Crippen MR) is 73.4 cm³/mol. The van der Waals surface area contributed by atoms with Gasteiger partial charge in [0.15, 0.2) is 0 Å². The minimum absolute atomic E-state index is 0.407. The van der Waals surface area contributed by atoms with Gasteiger partial charge in [0.2, 0.25) is 0 Å². The standard InChI is InChI=1S/C15H25NO/c1-11-6-7-14(10-13(11)3)15(16-4)12(2)8-9-17-5/h6-7,10,12,15-16H,8-9H2,1-5H3. The molecule has 0 amide bonds. The van der Waals surface area contributed by atoms with E-state index in [1.807, 2.05) is 7.05 Å². The minimum Gasteiger partial charge on any atom is -0.385 e. The molecule has 0 radical (unpaired) electrons. The zero-order chi connectivity index (χ0) is 12.8. The minimum atomic E-state index is 0.407.